The van der Waals surface area contributed by atoms with E-state index >= 15 is 0 Å². The predicted octanol–water partition coefficient (Wildman–Crippen LogP) is 3.48. The highest BCUT2D eigenvalue weighted by molar-refractivity contribution is 9.10. The van der Waals surface area contributed by atoms with Gasteiger partial charge < -0.3 is 5.32 Å². The molecule has 0 bridgehead atoms. The Labute approximate surface area is 105 Å². The van der Waals surface area contributed by atoms with Crippen LogP contribution in [0, 0.1) is 18.2 Å². The lowest BCUT2D eigenvalue weighted by molar-refractivity contribution is 0.506. The minimum Gasteiger partial charge on any atom is -0.309 e. The van der Waals surface area contributed by atoms with E-state index in [9.17, 15) is 4.39 Å². The second-order valence-corrected chi connectivity index (χ2v) is 4.50. The quantitative estimate of drug-likeness (QED) is 0.816. The first kappa shape index (κ1) is 13.2. The maximum absolute atomic E-state index is 13.0. The molecule has 1 nitrogen and oxygen atoms in total. The second-order valence-electron chi connectivity index (χ2n) is 3.64. The molecular formula is C13H15BrFN. The number of hydrogen-bond donors (Lipinski definition) is 1. The van der Waals surface area contributed by atoms with Crippen molar-refractivity contribution in [3.05, 3.63) is 34.1 Å². The molecular weight excluding hydrogens is 269 g/mol. The molecule has 1 aromatic carbocycles. The van der Waals surface area contributed by atoms with Crippen LogP contribution < -0.4 is 5.32 Å². The molecule has 0 aliphatic carbocycles. The molecule has 0 fully saturated rings. The molecule has 0 radical (unpaired) electrons. The molecule has 1 N–H and O–H groups in total. The average Bonchev–Trinajstić information content (AvgIpc) is 2.28. The molecule has 0 spiro atoms. The van der Waals surface area contributed by atoms with Gasteiger partial charge in [-0.05, 0) is 40.0 Å². The van der Waals surface area contributed by atoms with E-state index < -0.39 is 0 Å². The van der Waals surface area contributed by atoms with Crippen molar-refractivity contribution in [2.24, 2.45) is 0 Å². The van der Waals surface area contributed by atoms with E-state index in [0.717, 1.165) is 18.4 Å². The van der Waals surface area contributed by atoms with E-state index in [1.807, 2.05) is 0 Å². The first-order valence-corrected chi connectivity index (χ1v) is 6.07. The Kier molecular flexibility index (Phi) is 5.51. The van der Waals surface area contributed by atoms with E-state index in [1.54, 1.807) is 12.1 Å². The summed E-state index contributed by atoms with van der Waals surface area (Å²) in [5.41, 5.74) is 1.05. The fraction of sp³-hybridized carbons (Fsp3) is 0.385. The van der Waals surface area contributed by atoms with E-state index in [0.29, 0.717) is 17.1 Å². The fourth-order valence-corrected chi connectivity index (χ4v) is 1.84. The van der Waals surface area contributed by atoms with Crippen LogP contribution in [0.4, 0.5) is 4.39 Å². The highest BCUT2D eigenvalue weighted by Crippen LogP contribution is 2.16. The minimum atomic E-state index is -0.237. The van der Waals surface area contributed by atoms with E-state index in [2.05, 4.69) is 34.1 Å². The van der Waals surface area contributed by atoms with Gasteiger partial charge in [-0.15, -0.1) is 12.3 Å². The van der Waals surface area contributed by atoms with Crippen molar-refractivity contribution in [2.45, 2.75) is 32.4 Å². The van der Waals surface area contributed by atoms with Crippen LogP contribution in [-0.2, 0) is 6.54 Å². The third kappa shape index (κ3) is 3.96. The molecule has 0 saturated carbocycles. The summed E-state index contributed by atoms with van der Waals surface area (Å²) in [6, 6.07) is 5.35. The summed E-state index contributed by atoms with van der Waals surface area (Å²) in [7, 11) is 0. The van der Waals surface area contributed by atoms with Crippen LogP contribution in [0.2, 0.25) is 0 Å². The van der Waals surface area contributed by atoms with Crippen molar-refractivity contribution >= 4 is 15.9 Å². The maximum atomic E-state index is 13.0. The van der Waals surface area contributed by atoms with Crippen LogP contribution in [0.15, 0.2) is 22.7 Å². The van der Waals surface area contributed by atoms with Crippen molar-refractivity contribution in [1.29, 1.82) is 0 Å². The fourth-order valence-electron chi connectivity index (χ4n) is 1.41. The Bertz CT molecular complexity index is 384. The molecule has 1 rings (SSSR count). The van der Waals surface area contributed by atoms with Gasteiger partial charge in [-0.3, -0.25) is 0 Å². The van der Waals surface area contributed by atoms with Gasteiger partial charge in [0.1, 0.15) is 5.82 Å². The number of benzene rings is 1. The standard InChI is InChI=1S/C13H15BrFN/c1-3-5-11(4-2)16-9-10-6-7-13(15)12(14)8-10/h1,6-8,11,16H,4-5,9H2,2H3. The number of rotatable bonds is 5. The molecule has 0 saturated heterocycles. The number of nitrogens with one attached hydrogen (secondary N) is 1. The van der Waals surface area contributed by atoms with E-state index in [1.165, 1.54) is 6.07 Å². The summed E-state index contributed by atoms with van der Waals surface area (Å²) in [4.78, 5) is 0. The Balaban J connectivity index is 2.54. The molecule has 1 aromatic rings. The zero-order chi connectivity index (χ0) is 12.0. The molecule has 0 heterocycles. The molecule has 86 valence electrons. The SMILES string of the molecule is C#CCC(CC)NCc1ccc(F)c(Br)c1. The van der Waals surface area contributed by atoms with Gasteiger partial charge in [0.25, 0.3) is 0 Å². The summed E-state index contributed by atoms with van der Waals surface area (Å²) in [6.07, 6.45) is 6.98. The summed E-state index contributed by atoms with van der Waals surface area (Å²) < 4.78 is 13.5. The average molecular weight is 284 g/mol. The first-order chi connectivity index (χ1) is 7.67. The van der Waals surface area contributed by atoms with E-state index in [4.69, 9.17) is 6.42 Å². The van der Waals surface area contributed by atoms with Crippen LogP contribution >= 0.6 is 15.9 Å². The van der Waals surface area contributed by atoms with Crippen LogP contribution in [0.5, 0.6) is 0 Å². The second kappa shape index (κ2) is 6.67. The lowest BCUT2D eigenvalue weighted by Gasteiger charge is -2.14. The Morgan fingerprint density at radius 2 is 2.31 bits per heavy atom. The van der Waals surface area contributed by atoms with Crippen molar-refractivity contribution < 1.29 is 4.39 Å². The molecule has 16 heavy (non-hydrogen) atoms. The van der Waals surface area contributed by atoms with Crippen molar-refractivity contribution in [3.8, 4) is 12.3 Å². The largest absolute Gasteiger partial charge is 0.309 e. The number of hydrogen-bond acceptors (Lipinski definition) is 1. The first-order valence-electron chi connectivity index (χ1n) is 5.28. The van der Waals surface area contributed by atoms with Gasteiger partial charge in [-0.2, -0.15) is 0 Å². The summed E-state index contributed by atoms with van der Waals surface area (Å²) in [6.45, 7) is 2.80. The normalized spacial score (nSPS) is 12.1. The molecule has 0 aliphatic heterocycles. The molecule has 1 atom stereocenters. The molecule has 0 aromatic heterocycles. The van der Waals surface area contributed by atoms with Gasteiger partial charge in [-0.1, -0.05) is 13.0 Å². The number of terminal acetylenes is 1. The summed E-state index contributed by atoms with van der Waals surface area (Å²) >= 11 is 3.17. The Morgan fingerprint density at radius 1 is 1.56 bits per heavy atom. The molecule has 0 aliphatic rings. The van der Waals surface area contributed by atoms with Crippen LogP contribution in [0.25, 0.3) is 0 Å². The smallest absolute Gasteiger partial charge is 0.137 e. The molecule has 1 unspecified atom stereocenters. The summed E-state index contributed by atoms with van der Waals surface area (Å²) in [5, 5.41) is 3.35. The van der Waals surface area contributed by atoms with Gasteiger partial charge in [0.05, 0.1) is 4.47 Å². The zero-order valence-electron chi connectivity index (χ0n) is 9.26. The Morgan fingerprint density at radius 3 is 2.88 bits per heavy atom. The lowest BCUT2D eigenvalue weighted by atomic mass is 10.1. The predicted molar refractivity (Wildman–Crippen MR) is 68.5 cm³/mol. The van der Waals surface area contributed by atoms with Crippen LogP contribution in [-0.4, -0.2) is 6.04 Å². The Hall–Kier alpha value is -0.850. The highest BCUT2D eigenvalue weighted by Gasteiger charge is 2.05. The van der Waals surface area contributed by atoms with Gasteiger partial charge in [0.15, 0.2) is 0 Å². The van der Waals surface area contributed by atoms with Crippen molar-refractivity contribution in [1.82, 2.24) is 5.32 Å². The topological polar surface area (TPSA) is 12.0 Å². The van der Waals surface area contributed by atoms with Gasteiger partial charge in [-0.25, -0.2) is 4.39 Å². The van der Waals surface area contributed by atoms with E-state index in [-0.39, 0.29) is 5.82 Å². The lowest BCUT2D eigenvalue weighted by Crippen LogP contribution is -2.27. The molecule has 3 heteroatoms. The third-order valence-corrected chi connectivity index (χ3v) is 3.04. The van der Waals surface area contributed by atoms with Gasteiger partial charge in [0, 0.05) is 19.0 Å². The van der Waals surface area contributed by atoms with Crippen molar-refractivity contribution in [3.63, 3.8) is 0 Å². The summed E-state index contributed by atoms with van der Waals surface area (Å²) in [5.74, 6) is 2.41. The van der Waals surface area contributed by atoms with Gasteiger partial charge in [0.2, 0.25) is 0 Å². The van der Waals surface area contributed by atoms with Crippen molar-refractivity contribution in [2.75, 3.05) is 0 Å². The third-order valence-electron chi connectivity index (χ3n) is 2.44. The highest BCUT2D eigenvalue weighted by atomic mass is 79.9. The van der Waals surface area contributed by atoms with Crippen LogP contribution in [0.3, 0.4) is 0 Å². The zero-order valence-corrected chi connectivity index (χ0v) is 10.8. The molecule has 0 amide bonds. The monoisotopic (exact) mass is 283 g/mol. The number of halogens is 2. The maximum Gasteiger partial charge on any atom is 0.137 e. The minimum absolute atomic E-state index is 0.237. The van der Waals surface area contributed by atoms with Gasteiger partial charge >= 0.3 is 0 Å². The van der Waals surface area contributed by atoms with Crippen LogP contribution in [0.1, 0.15) is 25.3 Å².